The molecule has 0 amide bonds. The number of benzene rings is 4. The van der Waals surface area contributed by atoms with Crippen LogP contribution < -0.4 is 0 Å². The predicted octanol–water partition coefficient (Wildman–Crippen LogP) is 11.5. The summed E-state index contributed by atoms with van der Waals surface area (Å²) in [5.41, 5.74) is 9.67. The summed E-state index contributed by atoms with van der Waals surface area (Å²) in [6.45, 7) is 12.5. The molecule has 0 bridgehead atoms. The number of fused-ring (bicyclic) bond motifs is 4. The molecule has 5 aromatic rings. The number of aromatic nitrogens is 2. The number of aliphatic hydroxyl groups excluding tert-OH is 1. The molecule has 257 valence electrons. The van der Waals surface area contributed by atoms with Gasteiger partial charge in [-0.1, -0.05) is 119 Å². The first-order chi connectivity index (χ1) is 23.3. The van der Waals surface area contributed by atoms with Crippen LogP contribution in [-0.2, 0) is 37.7 Å². The van der Waals surface area contributed by atoms with Crippen LogP contribution in [0.1, 0.15) is 89.8 Å². The van der Waals surface area contributed by atoms with E-state index in [1.54, 1.807) is 0 Å². The van der Waals surface area contributed by atoms with E-state index in [1.807, 2.05) is 33.9 Å². The fourth-order valence-electron chi connectivity index (χ4n) is 6.70. The molecule has 0 unspecified atom stereocenters. The summed E-state index contributed by atoms with van der Waals surface area (Å²) in [6, 6.07) is 31.6. The van der Waals surface area contributed by atoms with Crippen molar-refractivity contribution in [1.82, 2.24) is 9.97 Å². The van der Waals surface area contributed by atoms with Gasteiger partial charge in [0.05, 0.1) is 17.3 Å². The van der Waals surface area contributed by atoms with Gasteiger partial charge in [-0.15, -0.1) is 29.1 Å². The van der Waals surface area contributed by atoms with Crippen LogP contribution in [-0.4, -0.2) is 20.9 Å². The molecule has 0 saturated heterocycles. The first-order valence-corrected chi connectivity index (χ1v) is 17.7. The van der Waals surface area contributed by atoms with Crippen LogP contribution in [0.4, 0.5) is 0 Å². The maximum atomic E-state index is 11.7. The van der Waals surface area contributed by atoms with Gasteiger partial charge in [0.1, 0.15) is 0 Å². The van der Waals surface area contributed by atoms with Crippen LogP contribution >= 0.6 is 0 Å². The van der Waals surface area contributed by atoms with E-state index >= 15 is 0 Å². The monoisotopic (exact) mass is 830 g/mol. The second-order valence-electron chi connectivity index (χ2n) is 13.1. The smallest absolute Gasteiger partial charge is 0.162 e. The van der Waals surface area contributed by atoms with Gasteiger partial charge in [-0.3, -0.25) is 14.8 Å². The summed E-state index contributed by atoms with van der Waals surface area (Å²) in [5.74, 6) is 1.71. The Morgan fingerprint density at radius 1 is 0.816 bits per heavy atom. The number of carbonyl (C=O) groups is 1. The zero-order valence-electron chi connectivity index (χ0n) is 29.7. The minimum atomic E-state index is 0. The molecular formula is C44H49IrN2O2-. The van der Waals surface area contributed by atoms with E-state index in [2.05, 4.69) is 98.8 Å². The average Bonchev–Trinajstić information content (AvgIpc) is 3.12. The van der Waals surface area contributed by atoms with Gasteiger partial charge >= 0.3 is 0 Å². The fraction of sp³-hybridized carbons (Fsp3) is 0.341. The van der Waals surface area contributed by atoms with Gasteiger partial charge < -0.3 is 5.11 Å². The van der Waals surface area contributed by atoms with Crippen LogP contribution in [0.25, 0.3) is 44.5 Å². The molecule has 6 rings (SSSR count). The first kappa shape index (κ1) is 37.9. The van der Waals surface area contributed by atoms with Crippen molar-refractivity contribution >= 4 is 16.6 Å². The Kier molecular flexibility index (Phi) is 13.6. The van der Waals surface area contributed by atoms with Crippen LogP contribution in [0.15, 0.2) is 96.9 Å². The summed E-state index contributed by atoms with van der Waals surface area (Å²) in [7, 11) is 0. The van der Waals surface area contributed by atoms with Crippen molar-refractivity contribution in [2.45, 2.75) is 86.0 Å². The Balaban J connectivity index is 0.000000290. The van der Waals surface area contributed by atoms with Gasteiger partial charge in [0, 0.05) is 49.8 Å². The fourth-order valence-corrected chi connectivity index (χ4v) is 6.70. The molecular weight excluding hydrogens is 781 g/mol. The van der Waals surface area contributed by atoms with Crippen molar-refractivity contribution in [3.05, 3.63) is 120 Å². The van der Waals surface area contributed by atoms with Gasteiger partial charge in [-0.25, -0.2) is 0 Å². The van der Waals surface area contributed by atoms with E-state index in [0.29, 0.717) is 5.92 Å². The first-order valence-electron chi connectivity index (χ1n) is 17.7. The van der Waals surface area contributed by atoms with Gasteiger partial charge in [0.15, 0.2) is 5.78 Å². The molecule has 0 saturated carbocycles. The molecule has 4 aromatic carbocycles. The molecule has 1 radical (unpaired) electrons. The van der Waals surface area contributed by atoms with Crippen molar-refractivity contribution in [1.29, 1.82) is 0 Å². The molecule has 1 heterocycles. The molecule has 1 aliphatic carbocycles. The van der Waals surface area contributed by atoms with Crippen molar-refractivity contribution < 1.29 is 30.0 Å². The van der Waals surface area contributed by atoms with Crippen molar-refractivity contribution in [2.24, 2.45) is 11.8 Å². The second-order valence-corrected chi connectivity index (χ2v) is 13.1. The summed E-state index contributed by atoms with van der Waals surface area (Å²) in [6.07, 6.45) is 8.91. The third kappa shape index (κ3) is 8.82. The SMILES string of the molecule is CC(C)c1cc(-c2ncc3c(n2)-c2ccc(-c4ccccc4)cc2CC3)[c-]c2ccccc12.CCC(CC)C(=O)/C=C(\O)C(CC)CC.[Ir]. The van der Waals surface area contributed by atoms with E-state index in [0.717, 1.165) is 61.0 Å². The van der Waals surface area contributed by atoms with Crippen LogP contribution in [0.2, 0.25) is 0 Å². The molecule has 1 N–H and O–H groups in total. The maximum Gasteiger partial charge on any atom is 0.162 e. The number of ketones is 1. The third-order valence-corrected chi connectivity index (χ3v) is 9.75. The van der Waals surface area contributed by atoms with Gasteiger partial charge in [0.2, 0.25) is 0 Å². The van der Waals surface area contributed by atoms with Gasteiger partial charge in [0.25, 0.3) is 0 Å². The molecule has 0 spiro atoms. The van der Waals surface area contributed by atoms with Crippen LogP contribution in [0.3, 0.4) is 0 Å². The van der Waals surface area contributed by atoms with E-state index < -0.39 is 0 Å². The van der Waals surface area contributed by atoms with Crippen molar-refractivity contribution in [2.75, 3.05) is 0 Å². The molecule has 5 heteroatoms. The Hall–Kier alpha value is -3.92. The minimum absolute atomic E-state index is 0. The topological polar surface area (TPSA) is 63.1 Å². The van der Waals surface area contributed by atoms with Crippen LogP contribution in [0.5, 0.6) is 0 Å². The summed E-state index contributed by atoms with van der Waals surface area (Å²) in [5, 5.41) is 12.1. The molecule has 0 atom stereocenters. The Labute approximate surface area is 306 Å². The Morgan fingerprint density at radius 2 is 1.47 bits per heavy atom. The molecule has 0 aliphatic heterocycles. The Bertz CT molecular complexity index is 1890. The normalized spacial score (nSPS) is 12.3. The number of hydrogen-bond donors (Lipinski definition) is 1. The van der Waals surface area contributed by atoms with Crippen LogP contribution in [0, 0.1) is 17.9 Å². The summed E-state index contributed by atoms with van der Waals surface area (Å²) < 4.78 is 0. The molecule has 1 aromatic heterocycles. The number of hydrogen-bond acceptors (Lipinski definition) is 4. The largest absolute Gasteiger partial charge is 0.512 e. The van der Waals surface area contributed by atoms with Crippen molar-refractivity contribution in [3.8, 4) is 33.8 Å². The quantitative estimate of drug-likeness (QED) is 0.0865. The third-order valence-electron chi connectivity index (χ3n) is 9.75. The second kappa shape index (κ2) is 17.6. The van der Waals surface area contributed by atoms with Gasteiger partial charge in [-0.05, 0) is 66.7 Å². The summed E-state index contributed by atoms with van der Waals surface area (Å²) >= 11 is 0. The Morgan fingerprint density at radius 3 is 2.14 bits per heavy atom. The minimum Gasteiger partial charge on any atom is -0.512 e. The molecule has 4 nitrogen and oxygen atoms in total. The standard InChI is InChI=1S/C31H25N2.C13H24O2.Ir/c1-20(2)29-18-26(17-23-10-6-7-11-27(23)29)31-32-19-25-13-12-24-16-22(21-8-4-3-5-9-21)14-15-28(24)30(25)33-31;1-5-10(6-2)12(14)9-13(15)11(7-3)8-4;/h3-11,14-16,18-20H,12-13H2,1-2H3;9-11,14H,5-8H2,1-4H3;/q-1;;/b;12-9-;. The number of carbonyl (C=O) groups excluding carboxylic acids is 1. The maximum absolute atomic E-state index is 11.7. The van der Waals surface area contributed by atoms with Crippen molar-refractivity contribution in [3.63, 3.8) is 0 Å². The van der Waals surface area contributed by atoms with E-state index in [4.69, 9.17) is 9.97 Å². The number of nitrogens with zero attached hydrogens (tertiary/aromatic N) is 2. The molecule has 0 fully saturated rings. The number of aliphatic hydroxyl groups is 1. The number of allylic oxidation sites excluding steroid dienone is 2. The van der Waals surface area contributed by atoms with E-state index in [9.17, 15) is 9.90 Å². The van der Waals surface area contributed by atoms with E-state index in [1.165, 1.54) is 44.8 Å². The summed E-state index contributed by atoms with van der Waals surface area (Å²) in [4.78, 5) is 21.6. The predicted molar refractivity (Wildman–Crippen MR) is 200 cm³/mol. The van der Waals surface area contributed by atoms with E-state index in [-0.39, 0.29) is 43.5 Å². The molecule has 1 aliphatic rings. The zero-order valence-corrected chi connectivity index (χ0v) is 32.1. The molecule has 49 heavy (non-hydrogen) atoms. The number of aryl methyl sites for hydroxylation is 2. The average molecular weight is 830 g/mol. The van der Waals surface area contributed by atoms with Gasteiger partial charge in [-0.2, -0.15) is 0 Å². The number of rotatable bonds is 10. The zero-order chi connectivity index (χ0) is 34.2.